The van der Waals surface area contributed by atoms with E-state index in [1.165, 1.54) is 5.56 Å². The molecule has 2 saturated heterocycles. The minimum absolute atomic E-state index is 0.0599. The number of fused-ring (bicyclic) bond motifs is 1. The monoisotopic (exact) mass is 583 g/mol. The first-order valence-electron chi connectivity index (χ1n) is 11.7. The van der Waals surface area contributed by atoms with Crippen LogP contribution < -0.4 is 0 Å². The molecule has 0 bridgehead atoms. The van der Waals surface area contributed by atoms with Crippen molar-refractivity contribution in [1.29, 1.82) is 0 Å². The highest BCUT2D eigenvalue weighted by Gasteiger charge is 2.40. The molecule has 1 amide bonds. The number of carboxylic acid groups (broad SMARTS) is 2. The van der Waals surface area contributed by atoms with Gasteiger partial charge in [0, 0.05) is 38.6 Å². The van der Waals surface area contributed by atoms with E-state index in [0.717, 1.165) is 38.4 Å². The Labute approximate surface area is 224 Å². The number of pyridine rings is 1. The number of nitrogens with zero attached hydrogens (tertiary/aromatic N) is 3. The van der Waals surface area contributed by atoms with Crippen molar-refractivity contribution in [2.24, 2.45) is 0 Å². The summed E-state index contributed by atoms with van der Waals surface area (Å²) in [6.45, 7) is 7.60. The second-order valence-electron chi connectivity index (χ2n) is 8.78. The van der Waals surface area contributed by atoms with Crippen LogP contribution in [0.5, 0.6) is 0 Å². The van der Waals surface area contributed by atoms with Gasteiger partial charge in [-0.3, -0.25) is 14.7 Å². The molecular weight excluding hydrogens is 556 g/mol. The summed E-state index contributed by atoms with van der Waals surface area (Å²) < 4.78 is 75.0. The van der Waals surface area contributed by atoms with Gasteiger partial charge in [0.05, 0.1) is 24.3 Å². The Hall–Kier alpha value is -3.66. The van der Waals surface area contributed by atoms with Crippen molar-refractivity contribution in [1.82, 2.24) is 14.8 Å². The molecule has 2 aromatic heterocycles. The number of aryl methyl sites for hydroxylation is 2. The SMILES string of the molecule is Cc1cc(C(=O)N2CC[C@@H]3OCCN(Cc4cccnc4)[C@H]3C2)c(C)o1.O=C(O)C(F)(F)F.O=C(O)C(F)(F)F. The fourth-order valence-electron chi connectivity index (χ4n) is 4.06. The molecule has 0 spiro atoms. The Morgan fingerprint density at radius 3 is 2.12 bits per heavy atom. The Balaban J connectivity index is 0.000000333. The van der Waals surface area contributed by atoms with Gasteiger partial charge in [0.25, 0.3) is 5.91 Å². The number of aromatic nitrogens is 1. The quantitative estimate of drug-likeness (QED) is 0.520. The van der Waals surface area contributed by atoms with Crippen LogP contribution in [0.2, 0.25) is 0 Å². The summed E-state index contributed by atoms with van der Waals surface area (Å²) in [5, 5.41) is 14.2. The van der Waals surface area contributed by atoms with Crippen LogP contribution in [0.25, 0.3) is 0 Å². The molecule has 2 N–H and O–H groups in total. The third-order valence-corrected chi connectivity index (χ3v) is 5.85. The van der Waals surface area contributed by atoms with Crippen LogP contribution in [0.1, 0.15) is 33.9 Å². The average molecular weight is 583 g/mol. The molecule has 2 aliphatic rings. The van der Waals surface area contributed by atoms with Crippen LogP contribution >= 0.6 is 0 Å². The predicted molar refractivity (Wildman–Crippen MR) is 124 cm³/mol. The van der Waals surface area contributed by atoms with Gasteiger partial charge in [-0.1, -0.05) is 6.07 Å². The van der Waals surface area contributed by atoms with Gasteiger partial charge < -0.3 is 24.3 Å². The molecule has 0 radical (unpaired) electrons. The van der Waals surface area contributed by atoms with E-state index in [1.54, 1.807) is 6.20 Å². The summed E-state index contributed by atoms with van der Waals surface area (Å²) in [6, 6.07) is 6.12. The minimum atomic E-state index is -5.08. The maximum absolute atomic E-state index is 13.0. The lowest BCUT2D eigenvalue weighted by molar-refractivity contribution is -0.193. The highest BCUT2D eigenvalue weighted by atomic mass is 19.4. The Kier molecular flexibility index (Phi) is 11.1. The predicted octanol–water partition coefficient (Wildman–Crippen LogP) is 3.67. The number of rotatable bonds is 3. The minimum Gasteiger partial charge on any atom is -0.475 e. The first-order chi connectivity index (χ1) is 18.5. The van der Waals surface area contributed by atoms with Crippen LogP contribution in [-0.4, -0.2) is 93.6 Å². The molecule has 2 aliphatic heterocycles. The zero-order chi connectivity index (χ0) is 30.3. The van der Waals surface area contributed by atoms with Crippen LogP contribution in [0.3, 0.4) is 0 Å². The molecule has 2 fully saturated rings. The number of carboxylic acids is 2. The fourth-order valence-corrected chi connectivity index (χ4v) is 4.06. The molecule has 2 aromatic rings. The van der Waals surface area contributed by atoms with E-state index in [2.05, 4.69) is 16.0 Å². The molecule has 0 aliphatic carbocycles. The van der Waals surface area contributed by atoms with E-state index in [1.807, 2.05) is 37.1 Å². The van der Waals surface area contributed by atoms with Crippen molar-refractivity contribution < 1.29 is 60.1 Å². The molecule has 4 heterocycles. The number of furan rings is 1. The normalized spacial score (nSPS) is 19.4. The van der Waals surface area contributed by atoms with Crippen molar-refractivity contribution >= 4 is 17.8 Å². The second-order valence-corrected chi connectivity index (χ2v) is 8.78. The third kappa shape index (κ3) is 9.51. The van der Waals surface area contributed by atoms with Gasteiger partial charge in [0.1, 0.15) is 11.5 Å². The van der Waals surface area contributed by atoms with Crippen molar-refractivity contribution in [3.05, 3.63) is 53.2 Å². The van der Waals surface area contributed by atoms with Crippen LogP contribution in [0.15, 0.2) is 35.0 Å². The summed E-state index contributed by atoms with van der Waals surface area (Å²) in [4.78, 5) is 39.4. The number of likely N-dealkylation sites (tertiary alicyclic amines) is 1. The first kappa shape index (κ1) is 32.6. The Morgan fingerprint density at radius 1 is 1.05 bits per heavy atom. The van der Waals surface area contributed by atoms with E-state index >= 15 is 0 Å². The molecule has 0 saturated carbocycles. The molecule has 10 nitrogen and oxygen atoms in total. The summed E-state index contributed by atoms with van der Waals surface area (Å²) in [5.74, 6) is -3.98. The topological polar surface area (TPSA) is 133 Å². The lowest BCUT2D eigenvalue weighted by Gasteiger charge is -2.47. The van der Waals surface area contributed by atoms with Crippen molar-refractivity contribution in [3.8, 4) is 0 Å². The average Bonchev–Trinajstić information content (AvgIpc) is 3.21. The lowest BCUT2D eigenvalue weighted by Crippen LogP contribution is -2.60. The van der Waals surface area contributed by atoms with Crippen molar-refractivity contribution in [2.45, 2.75) is 51.3 Å². The summed E-state index contributed by atoms with van der Waals surface area (Å²) >= 11 is 0. The number of morpholine rings is 1. The van der Waals surface area contributed by atoms with Gasteiger partial charge in [-0.15, -0.1) is 0 Å². The Morgan fingerprint density at radius 2 is 1.65 bits per heavy atom. The smallest absolute Gasteiger partial charge is 0.475 e. The molecule has 222 valence electrons. The number of halogens is 6. The summed E-state index contributed by atoms with van der Waals surface area (Å²) in [5.41, 5.74) is 1.87. The second kappa shape index (κ2) is 13.6. The number of amides is 1. The Bertz CT molecular complexity index is 1130. The number of aliphatic carboxylic acids is 2. The zero-order valence-corrected chi connectivity index (χ0v) is 21.3. The number of alkyl halides is 6. The third-order valence-electron chi connectivity index (χ3n) is 5.85. The van der Waals surface area contributed by atoms with E-state index in [0.29, 0.717) is 17.9 Å². The number of hydrogen-bond acceptors (Lipinski definition) is 7. The molecule has 0 unspecified atom stereocenters. The van der Waals surface area contributed by atoms with Gasteiger partial charge in [0.2, 0.25) is 0 Å². The fraction of sp³-hybridized carbons (Fsp3) is 0.500. The number of piperidine rings is 1. The van der Waals surface area contributed by atoms with Gasteiger partial charge in [-0.2, -0.15) is 26.3 Å². The van der Waals surface area contributed by atoms with E-state index in [-0.39, 0.29) is 18.1 Å². The number of carbonyl (C=O) groups excluding carboxylic acids is 1. The number of hydrogen-bond donors (Lipinski definition) is 2. The zero-order valence-electron chi connectivity index (χ0n) is 21.3. The number of carbonyl (C=O) groups is 3. The van der Waals surface area contributed by atoms with Gasteiger partial charge >= 0.3 is 24.3 Å². The molecule has 4 rings (SSSR count). The van der Waals surface area contributed by atoms with Gasteiger partial charge in [-0.25, -0.2) is 9.59 Å². The molecule has 40 heavy (non-hydrogen) atoms. The van der Waals surface area contributed by atoms with E-state index in [4.69, 9.17) is 29.0 Å². The largest absolute Gasteiger partial charge is 0.490 e. The van der Waals surface area contributed by atoms with Crippen LogP contribution in [-0.2, 0) is 20.9 Å². The van der Waals surface area contributed by atoms with Gasteiger partial charge in [-0.05, 0) is 38.0 Å². The highest BCUT2D eigenvalue weighted by molar-refractivity contribution is 5.95. The van der Waals surface area contributed by atoms with Crippen LogP contribution in [0, 0.1) is 13.8 Å². The summed E-state index contributed by atoms with van der Waals surface area (Å²) in [6.07, 6.45) is -5.40. The summed E-state index contributed by atoms with van der Waals surface area (Å²) in [7, 11) is 0. The molecule has 0 aromatic carbocycles. The van der Waals surface area contributed by atoms with Crippen molar-refractivity contribution in [3.63, 3.8) is 0 Å². The van der Waals surface area contributed by atoms with Crippen LogP contribution in [0.4, 0.5) is 26.3 Å². The van der Waals surface area contributed by atoms with Gasteiger partial charge in [0.15, 0.2) is 0 Å². The highest BCUT2D eigenvalue weighted by Crippen LogP contribution is 2.26. The van der Waals surface area contributed by atoms with E-state index in [9.17, 15) is 31.1 Å². The first-order valence-corrected chi connectivity index (χ1v) is 11.7. The standard InChI is InChI=1S/C20H25N3O3.2C2HF3O2/c1-14-10-17(15(2)26-14)20(24)23-7-5-19-18(13-23)22(8-9-25-19)12-16-4-3-6-21-11-16;2*3-2(4,5)1(6)7/h3-4,6,10-11,18-19H,5,7-9,12-13H2,1-2H3;2*(H,6,7)/t18-,19-;;/m0../s1. The maximum atomic E-state index is 13.0. The lowest BCUT2D eigenvalue weighted by atomic mass is 9.97. The molecule has 2 atom stereocenters. The molecule has 16 heteroatoms. The molecular formula is C24H27F6N3O7. The van der Waals surface area contributed by atoms with Crippen molar-refractivity contribution in [2.75, 3.05) is 26.2 Å². The van der Waals surface area contributed by atoms with E-state index < -0.39 is 24.3 Å². The maximum Gasteiger partial charge on any atom is 0.490 e. The number of ether oxygens (including phenoxy) is 1.